The molecule has 1 saturated carbocycles. The molecule has 0 aromatic carbocycles. The fraction of sp³-hybridized carbons (Fsp3) is 0.727. The first-order valence-corrected chi connectivity index (χ1v) is 11.7. The van der Waals surface area contributed by atoms with E-state index in [-0.39, 0.29) is 23.8 Å². The number of likely N-dealkylation sites (tertiary alicyclic amines) is 1. The highest BCUT2D eigenvalue weighted by atomic mass is 32.1. The van der Waals surface area contributed by atoms with Crippen molar-refractivity contribution in [2.24, 2.45) is 5.92 Å². The lowest BCUT2D eigenvalue weighted by atomic mass is 9.81. The maximum atomic E-state index is 13.0. The highest BCUT2D eigenvalue weighted by molar-refractivity contribution is 7.10. The smallest absolute Gasteiger partial charge is 0.223 e. The summed E-state index contributed by atoms with van der Waals surface area (Å²) in [7, 11) is 0. The molecule has 1 aromatic heterocycles. The van der Waals surface area contributed by atoms with E-state index in [1.165, 1.54) is 0 Å². The molecular formula is C22H34N2O3S. The Labute approximate surface area is 172 Å². The van der Waals surface area contributed by atoms with E-state index in [2.05, 4.69) is 12.2 Å². The Morgan fingerprint density at radius 1 is 1.32 bits per heavy atom. The van der Waals surface area contributed by atoms with Crippen LogP contribution in [0.3, 0.4) is 0 Å². The summed E-state index contributed by atoms with van der Waals surface area (Å²) in [6.45, 7) is 4.45. The molecule has 1 aliphatic carbocycles. The SMILES string of the molecule is CCCCCC(=O)N1CCC(C)(O)C(NC(=O)C2CCCC2)C1c1cccs1. The summed E-state index contributed by atoms with van der Waals surface area (Å²) in [6, 6.07) is 3.20. The standard InChI is InChI=1S/C22H34N2O3S/c1-3-4-5-12-18(25)24-14-13-22(2,27)20(19(24)17-11-8-15-28-17)23-21(26)16-9-6-7-10-16/h8,11,15-16,19-20,27H,3-7,9-10,12-14H2,1-2H3,(H,23,26). The minimum absolute atomic E-state index is 0.0320. The molecule has 2 N–H and O–H groups in total. The average Bonchev–Trinajstić information content (AvgIpc) is 3.37. The van der Waals surface area contributed by atoms with Crippen molar-refractivity contribution in [1.82, 2.24) is 10.2 Å². The number of hydrogen-bond acceptors (Lipinski definition) is 4. The molecule has 1 aromatic rings. The van der Waals surface area contributed by atoms with Gasteiger partial charge in [0.25, 0.3) is 0 Å². The molecule has 2 heterocycles. The molecule has 1 aliphatic heterocycles. The van der Waals surface area contributed by atoms with Crippen molar-refractivity contribution in [1.29, 1.82) is 0 Å². The maximum absolute atomic E-state index is 13.0. The molecule has 3 rings (SSSR count). The van der Waals surface area contributed by atoms with Gasteiger partial charge in [0.15, 0.2) is 0 Å². The third-order valence-corrected chi connectivity index (χ3v) is 7.30. The van der Waals surface area contributed by atoms with Gasteiger partial charge < -0.3 is 15.3 Å². The van der Waals surface area contributed by atoms with Gasteiger partial charge in [0.05, 0.1) is 17.7 Å². The van der Waals surface area contributed by atoms with E-state index in [9.17, 15) is 14.7 Å². The van der Waals surface area contributed by atoms with Gasteiger partial charge in [-0.15, -0.1) is 11.3 Å². The van der Waals surface area contributed by atoms with Gasteiger partial charge in [-0.2, -0.15) is 0 Å². The predicted octanol–water partition coefficient (Wildman–Crippen LogP) is 4.03. The van der Waals surface area contributed by atoms with Gasteiger partial charge in [0.1, 0.15) is 0 Å². The lowest BCUT2D eigenvalue weighted by Gasteiger charge is -2.49. The van der Waals surface area contributed by atoms with E-state index in [4.69, 9.17) is 0 Å². The fourth-order valence-corrected chi connectivity index (χ4v) is 5.46. The number of carbonyl (C=O) groups excluding carboxylic acids is 2. The summed E-state index contributed by atoms with van der Waals surface area (Å²) >= 11 is 1.59. The van der Waals surface area contributed by atoms with Crippen LogP contribution in [0.1, 0.15) is 82.6 Å². The van der Waals surface area contributed by atoms with Crippen LogP contribution in [0.2, 0.25) is 0 Å². The Hall–Kier alpha value is -1.40. The maximum Gasteiger partial charge on any atom is 0.223 e. The van der Waals surface area contributed by atoms with Gasteiger partial charge in [0.2, 0.25) is 11.8 Å². The van der Waals surface area contributed by atoms with Crippen LogP contribution >= 0.6 is 11.3 Å². The molecule has 3 atom stereocenters. The van der Waals surface area contributed by atoms with Crippen LogP contribution in [0.4, 0.5) is 0 Å². The summed E-state index contributed by atoms with van der Waals surface area (Å²) in [5.74, 6) is 0.197. The van der Waals surface area contributed by atoms with Gasteiger partial charge in [-0.1, -0.05) is 38.7 Å². The number of aliphatic hydroxyl groups is 1. The molecule has 5 nitrogen and oxygen atoms in total. The van der Waals surface area contributed by atoms with Gasteiger partial charge in [-0.05, 0) is 44.1 Å². The van der Waals surface area contributed by atoms with Crippen LogP contribution in [0.15, 0.2) is 17.5 Å². The Morgan fingerprint density at radius 2 is 2.07 bits per heavy atom. The van der Waals surface area contributed by atoms with Crippen LogP contribution in [0, 0.1) is 5.92 Å². The summed E-state index contributed by atoms with van der Waals surface area (Å²) in [6.07, 6.45) is 8.04. The molecule has 0 spiro atoms. The quantitative estimate of drug-likeness (QED) is 0.672. The number of carbonyl (C=O) groups is 2. The third kappa shape index (κ3) is 4.77. The zero-order valence-corrected chi connectivity index (χ0v) is 18.0. The number of piperidine rings is 1. The molecule has 1 saturated heterocycles. The molecule has 28 heavy (non-hydrogen) atoms. The zero-order chi connectivity index (χ0) is 20.1. The van der Waals surface area contributed by atoms with Crippen molar-refractivity contribution in [3.05, 3.63) is 22.4 Å². The van der Waals surface area contributed by atoms with E-state index in [1.54, 1.807) is 18.3 Å². The van der Waals surface area contributed by atoms with Crippen molar-refractivity contribution in [3.8, 4) is 0 Å². The number of nitrogens with zero attached hydrogens (tertiary/aromatic N) is 1. The van der Waals surface area contributed by atoms with Crippen molar-refractivity contribution in [2.75, 3.05) is 6.54 Å². The molecular weight excluding hydrogens is 372 g/mol. The van der Waals surface area contributed by atoms with Crippen molar-refractivity contribution >= 4 is 23.2 Å². The number of hydrogen-bond donors (Lipinski definition) is 2. The van der Waals surface area contributed by atoms with E-state index >= 15 is 0 Å². The predicted molar refractivity (Wildman–Crippen MR) is 112 cm³/mol. The molecule has 0 bridgehead atoms. The molecule has 2 fully saturated rings. The molecule has 2 aliphatic rings. The zero-order valence-electron chi connectivity index (χ0n) is 17.2. The van der Waals surface area contributed by atoms with Crippen LogP contribution in [0.5, 0.6) is 0 Å². The average molecular weight is 407 g/mol. The lowest BCUT2D eigenvalue weighted by molar-refractivity contribution is -0.146. The van der Waals surface area contributed by atoms with Crippen LogP contribution in [-0.4, -0.2) is 40.0 Å². The number of amides is 2. The van der Waals surface area contributed by atoms with Crippen LogP contribution in [0.25, 0.3) is 0 Å². The first-order chi connectivity index (χ1) is 13.4. The number of nitrogens with one attached hydrogen (secondary N) is 1. The Balaban J connectivity index is 1.83. The largest absolute Gasteiger partial charge is 0.388 e. The second-order valence-corrected chi connectivity index (χ2v) is 9.56. The van der Waals surface area contributed by atoms with Gasteiger partial charge in [0, 0.05) is 23.8 Å². The first kappa shape index (κ1) is 21.3. The normalized spacial score (nSPS) is 28.5. The second kappa shape index (κ2) is 9.40. The monoisotopic (exact) mass is 406 g/mol. The number of rotatable bonds is 7. The minimum Gasteiger partial charge on any atom is -0.388 e. The molecule has 3 unspecified atom stereocenters. The van der Waals surface area contributed by atoms with Crippen molar-refractivity contribution in [3.63, 3.8) is 0 Å². The van der Waals surface area contributed by atoms with Gasteiger partial charge >= 0.3 is 0 Å². The summed E-state index contributed by atoms with van der Waals surface area (Å²) in [5.41, 5.74) is -1.04. The molecule has 156 valence electrons. The Bertz CT molecular complexity index is 653. The Kier molecular flexibility index (Phi) is 7.15. The number of thiophene rings is 1. The van der Waals surface area contributed by atoms with Crippen molar-refractivity contribution < 1.29 is 14.7 Å². The highest BCUT2D eigenvalue weighted by Crippen LogP contribution is 2.40. The van der Waals surface area contributed by atoms with Crippen LogP contribution in [-0.2, 0) is 9.59 Å². The third-order valence-electron chi connectivity index (χ3n) is 6.35. The van der Waals surface area contributed by atoms with E-state index in [1.807, 2.05) is 22.4 Å². The molecule has 6 heteroatoms. The van der Waals surface area contributed by atoms with Crippen LogP contribution < -0.4 is 5.32 Å². The molecule has 2 amide bonds. The Morgan fingerprint density at radius 3 is 2.71 bits per heavy atom. The van der Waals surface area contributed by atoms with E-state index in [0.717, 1.165) is 49.8 Å². The fourth-order valence-electron chi connectivity index (χ4n) is 4.58. The summed E-state index contributed by atoms with van der Waals surface area (Å²) in [4.78, 5) is 28.8. The second-order valence-electron chi connectivity index (χ2n) is 8.58. The van der Waals surface area contributed by atoms with Gasteiger partial charge in [-0.25, -0.2) is 0 Å². The van der Waals surface area contributed by atoms with Gasteiger partial charge in [-0.3, -0.25) is 9.59 Å². The molecule has 0 radical (unpaired) electrons. The summed E-state index contributed by atoms with van der Waals surface area (Å²) < 4.78 is 0. The van der Waals surface area contributed by atoms with E-state index in [0.29, 0.717) is 19.4 Å². The van der Waals surface area contributed by atoms with Crippen molar-refractivity contribution in [2.45, 2.75) is 89.3 Å². The highest BCUT2D eigenvalue weighted by Gasteiger charge is 2.48. The van der Waals surface area contributed by atoms with E-state index < -0.39 is 11.6 Å². The topological polar surface area (TPSA) is 69.6 Å². The summed E-state index contributed by atoms with van der Waals surface area (Å²) in [5, 5.41) is 16.3. The number of unbranched alkanes of at least 4 members (excludes halogenated alkanes) is 2. The first-order valence-electron chi connectivity index (χ1n) is 10.8. The lowest BCUT2D eigenvalue weighted by Crippen LogP contribution is -2.63. The minimum atomic E-state index is -1.04.